The van der Waals surface area contributed by atoms with Crippen LogP contribution in [0.5, 0.6) is 11.5 Å². The molecule has 3 nitrogen and oxygen atoms in total. The summed E-state index contributed by atoms with van der Waals surface area (Å²) in [4.78, 5) is 12.9. The fourth-order valence-electron chi connectivity index (χ4n) is 2.89. The lowest BCUT2D eigenvalue weighted by molar-refractivity contribution is -0.143. The zero-order valence-electron chi connectivity index (χ0n) is 19.0. The van der Waals surface area contributed by atoms with E-state index < -0.39 is 54.4 Å². The molecule has 10 heteroatoms. The molecule has 2 rings (SSSR count). The number of rotatable bonds is 5. The van der Waals surface area contributed by atoms with Crippen molar-refractivity contribution in [2.75, 3.05) is 0 Å². The minimum atomic E-state index is -5.13. The maximum Gasteiger partial charge on any atom is 0.417 e. The van der Waals surface area contributed by atoms with Gasteiger partial charge in [-0.1, -0.05) is 6.07 Å². The molecule has 0 bridgehead atoms. The molecule has 0 spiro atoms. The standard InChI is InChI=1S/C23H25F6O3P/c1-20(2,3)31-13-10-11-17(16(12-13)32-21(4,5)6)33-19(30)18-14(22(24,25)26)8-7-9-15(18)23(27,28)29/h7-12,33H,1-6H3. The van der Waals surface area contributed by atoms with E-state index in [0.29, 0.717) is 23.9 Å². The number of alkyl halides is 6. The Morgan fingerprint density at radius 1 is 0.758 bits per heavy atom. The van der Waals surface area contributed by atoms with Crippen LogP contribution in [0, 0.1) is 0 Å². The molecule has 182 valence electrons. The second kappa shape index (κ2) is 9.16. The van der Waals surface area contributed by atoms with E-state index in [2.05, 4.69) is 0 Å². The zero-order valence-corrected chi connectivity index (χ0v) is 20.0. The van der Waals surface area contributed by atoms with Crippen molar-refractivity contribution in [1.29, 1.82) is 0 Å². The van der Waals surface area contributed by atoms with Crippen LogP contribution in [0.3, 0.4) is 0 Å². The fraction of sp³-hybridized carbons (Fsp3) is 0.435. The van der Waals surface area contributed by atoms with E-state index in [1.54, 1.807) is 20.8 Å². The Labute approximate surface area is 190 Å². The molecule has 0 aromatic heterocycles. The summed E-state index contributed by atoms with van der Waals surface area (Å²) in [6.45, 7) is 10.6. The number of benzene rings is 2. The van der Waals surface area contributed by atoms with Gasteiger partial charge in [-0.2, -0.15) is 26.3 Å². The number of halogens is 6. The van der Waals surface area contributed by atoms with Gasteiger partial charge in [0.25, 0.3) is 0 Å². The van der Waals surface area contributed by atoms with Gasteiger partial charge in [0.05, 0.1) is 11.1 Å². The molecule has 1 unspecified atom stereocenters. The smallest absolute Gasteiger partial charge is 0.417 e. The molecule has 0 heterocycles. The van der Waals surface area contributed by atoms with E-state index in [0.717, 1.165) is 0 Å². The highest BCUT2D eigenvalue weighted by atomic mass is 31.1. The van der Waals surface area contributed by atoms with Crippen LogP contribution in [-0.4, -0.2) is 16.7 Å². The molecule has 1 atom stereocenters. The highest BCUT2D eigenvalue weighted by Crippen LogP contribution is 2.42. The molecular weight excluding hydrogens is 469 g/mol. The topological polar surface area (TPSA) is 35.5 Å². The second-order valence-corrected chi connectivity index (χ2v) is 10.5. The number of hydrogen-bond donors (Lipinski definition) is 0. The molecule has 0 fully saturated rings. The zero-order chi connectivity index (χ0) is 25.4. The van der Waals surface area contributed by atoms with E-state index in [9.17, 15) is 31.1 Å². The largest absolute Gasteiger partial charge is 0.488 e. The van der Waals surface area contributed by atoms with E-state index in [1.165, 1.54) is 18.2 Å². The Hall–Kier alpha value is -2.28. The van der Waals surface area contributed by atoms with Crippen LogP contribution in [0.4, 0.5) is 26.3 Å². The second-order valence-electron chi connectivity index (χ2n) is 9.26. The quantitative estimate of drug-likeness (QED) is 0.325. The Kier molecular flexibility index (Phi) is 7.49. The summed E-state index contributed by atoms with van der Waals surface area (Å²) in [5.41, 5.74) is -7.25. The minimum absolute atomic E-state index is 0.147. The van der Waals surface area contributed by atoms with Crippen molar-refractivity contribution in [3.63, 3.8) is 0 Å². The maximum atomic E-state index is 13.5. The minimum Gasteiger partial charge on any atom is -0.488 e. The Bertz CT molecular complexity index is 983. The molecular formula is C23H25F6O3P. The summed E-state index contributed by atoms with van der Waals surface area (Å²) in [5, 5.41) is 0.168. The van der Waals surface area contributed by atoms with Crippen molar-refractivity contribution in [3.05, 3.63) is 53.1 Å². The predicted molar refractivity (Wildman–Crippen MR) is 116 cm³/mol. The number of hydrogen-bond acceptors (Lipinski definition) is 3. The van der Waals surface area contributed by atoms with Crippen LogP contribution in [0.2, 0.25) is 0 Å². The van der Waals surface area contributed by atoms with Gasteiger partial charge in [-0.05, 0) is 74.4 Å². The first-order valence-corrected chi connectivity index (χ1v) is 10.9. The third-order valence-corrected chi connectivity index (χ3v) is 5.10. The van der Waals surface area contributed by atoms with Crippen molar-refractivity contribution in [1.82, 2.24) is 0 Å². The lowest BCUT2D eigenvalue weighted by Gasteiger charge is -2.26. The molecule has 0 N–H and O–H groups in total. The summed E-state index contributed by atoms with van der Waals surface area (Å²) >= 11 is 0. The number of carbonyl (C=O) groups is 1. The van der Waals surface area contributed by atoms with Crippen LogP contribution < -0.4 is 14.8 Å². The molecule has 0 aliphatic carbocycles. The summed E-state index contributed by atoms with van der Waals surface area (Å²) in [6.07, 6.45) is -10.3. The molecule has 0 saturated heterocycles. The summed E-state index contributed by atoms with van der Waals surface area (Å²) < 4.78 is 92.4. The van der Waals surface area contributed by atoms with Crippen molar-refractivity contribution >= 4 is 19.4 Å². The summed E-state index contributed by atoms with van der Waals surface area (Å²) in [7, 11) is -1.04. The van der Waals surface area contributed by atoms with Crippen LogP contribution in [0.15, 0.2) is 36.4 Å². The van der Waals surface area contributed by atoms with Gasteiger partial charge in [-0.25, -0.2) is 0 Å². The molecule has 0 saturated carbocycles. The van der Waals surface area contributed by atoms with E-state index in [-0.39, 0.29) is 11.1 Å². The van der Waals surface area contributed by atoms with Gasteiger partial charge >= 0.3 is 12.4 Å². The SMILES string of the molecule is CC(C)(C)Oc1ccc(PC(=O)c2c(C(F)(F)F)cccc2C(F)(F)F)c(OC(C)(C)C)c1. The average Bonchev–Trinajstić information content (AvgIpc) is 2.59. The van der Waals surface area contributed by atoms with Gasteiger partial charge in [0.2, 0.25) is 0 Å². The Morgan fingerprint density at radius 3 is 1.67 bits per heavy atom. The van der Waals surface area contributed by atoms with Crippen molar-refractivity contribution in [2.45, 2.75) is 65.1 Å². The van der Waals surface area contributed by atoms with Crippen LogP contribution in [0.1, 0.15) is 63.0 Å². The van der Waals surface area contributed by atoms with Gasteiger partial charge < -0.3 is 9.47 Å². The third-order valence-electron chi connectivity index (χ3n) is 3.94. The highest BCUT2D eigenvalue weighted by Gasteiger charge is 2.42. The maximum absolute atomic E-state index is 13.5. The normalized spacial score (nSPS) is 13.5. The van der Waals surface area contributed by atoms with Gasteiger partial charge in [-0.15, -0.1) is 0 Å². The van der Waals surface area contributed by atoms with E-state index in [4.69, 9.17) is 9.47 Å². The van der Waals surface area contributed by atoms with Crippen molar-refractivity contribution < 1.29 is 40.6 Å². The number of carbonyl (C=O) groups excluding carboxylic acids is 1. The van der Waals surface area contributed by atoms with Gasteiger partial charge in [0.1, 0.15) is 22.7 Å². The number of ether oxygens (including phenoxy) is 2. The van der Waals surface area contributed by atoms with Gasteiger partial charge in [0, 0.05) is 16.9 Å². The molecule has 2 aromatic carbocycles. The lowest BCUT2D eigenvalue weighted by atomic mass is 10.0. The molecule has 0 aliphatic rings. The van der Waals surface area contributed by atoms with E-state index >= 15 is 0 Å². The molecule has 2 aromatic rings. The van der Waals surface area contributed by atoms with Gasteiger partial charge in [-0.3, -0.25) is 4.79 Å². The first-order valence-electron chi connectivity index (χ1n) is 9.89. The van der Waals surface area contributed by atoms with E-state index in [1.807, 2.05) is 20.8 Å². The molecule has 0 radical (unpaired) electrons. The Morgan fingerprint density at radius 2 is 1.24 bits per heavy atom. The van der Waals surface area contributed by atoms with Gasteiger partial charge in [0.15, 0.2) is 5.52 Å². The summed E-state index contributed by atoms with van der Waals surface area (Å²) in [5.74, 6) is 0.531. The monoisotopic (exact) mass is 494 g/mol. The molecule has 0 amide bonds. The molecule has 33 heavy (non-hydrogen) atoms. The lowest BCUT2D eigenvalue weighted by Crippen LogP contribution is -2.27. The third kappa shape index (κ3) is 7.63. The first kappa shape index (κ1) is 27.0. The first-order chi connectivity index (χ1) is 14.8. The van der Waals surface area contributed by atoms with Crippen LogP contribution in [-0.2, 0) is 12.4 Å². The fourth-order valence-corrected chi connectivity index (χ4v) is 3.94. The van der Waals surface area contributed by atoms with Crippen molar-refractivity contribution in [2.24, 2.45) is 0 Å². The van der Waals surface area contributed by atoms with Crippen molar-refractivity contribution in [3.8, 4) is 11.5 Å². The summed E-state index contributed by atoms with van der Waals surface area (Å²) in [6, 6.07) is 5.98. The Balaban J connectivity index is 2.58. The molecule has 0 aliphatic heterocycles. The van der Waals surface area contributed by atoms with Crippen LogP contribution >= 0.6 is 8.58 Å². The highest BCUT2D eigenvalue weighted by molar-refractivity contribution is 7.66. The average molecular weight is 494 g/mol. The predicted octanol–water partition coefficient (Wildman–Crippen LogP) is 7.22. The van der Waals surface area contributed by atoms with Crippen LogP contribution in [0.25, 0.3) is 0 Å².